The first-order valence-electron chi connectivity index (χ1n) is 14.0. The van der Waals surface area contributed by atoms with Gasteiger partial charge in [-0.05, 0) is 75.8 Å². The molecular formula is C31H30ClF3N4O4. The molecule has 2 aliphatic carbocycles. The molecule has 0 saturated heterocycles. The summed E-state index contributed by atoms with van der Waals surface area (Å²) in [6.45, 7) is 2.36. The normalized spacial score (nSPS) is 16.8. The summed E-state index contributed by atoms with van der Waals surface area (Å²) in [5, 5.41) is 30.0. The number of halogens is 4. The molecule has 0 unspecified atom stereocenters. The zero-order valence-electron chi connectivity index (χ0n) is 23.7. The van der Waals surface area contributed by atoms with Crippen molar-refractivity contribution in [2.45, 2.75) is 56.8 Å². The number of hydrogen-bond donors (Lipinski definition) is 3. The highest BCUT2D eigenvalue weighted by Crippen LogP contribution is 2.47. The van der Waals surface area contributed by atoms with E-state index in [0.29, 0.717) is 30.1 Å². The van der Waals surface area contributed by atoms with Gasteiger partial charge in [-0.2, -0.15) is 5.10 Å². The highest BCUT2D eigenvalue weighted by molar-refractivity contribution is 6.31. The number of amides is 1. The van der Waals surface area contributed by atoms with E-state index in [9.17, 15) is 19.4 Å². The SMILES string of the molecule is COc1cc(C(=O)NC[C@](O)(c2cc(C(C)(C)O)c(F)c(-c3ccc(F)c(Cl)c3F)n2)C2CC2)cc2cn(C3CC3)nc12. The first-order valence-corrected chi connectivity index (χ1v) is 14.3. The zero-order chi connectivity index (χ0) is 30.8. The van der Waals surface area contributed by atoms with Crippen molar-refractivity contribution in [1.29, 1.82) is 0 Å². The molecule has 1 amide bonds. The number of rotatable bonds is 9. The number of nitrogens with one attached hydrogen (secondary N) is 1. The highest BCUT2D eigenvalue weighted by Gasteiger charge is 2.47. The van der Waals surface area contributed by atoms with E-state index in [-0.39, 0.29) is 29.3 Å². The lowest BCUT2D eigenvalue weighted by Gasteiger charge is -2.31. The molecule has 1 atom stereocenters. The molecule has 2 aromatic carbocycles. The summed E-state index contributed by atoms with van der Waals surface area (Å²) >= 11 is 5.76. The van der Waals surface area contributed by atoms with E-state index in [1.54, 1.807) is 12.1 Å². The highest BCUT2D eigenvalue weighted by atomic mass is 35.5. The Morgan fingerprint density at radius 3 is 2.47 bits per heavy atom. The van der Waals surface area contributed by atoms with E-state index in [0.717, 1.165) is 30.4 Å². The first kappa shape index (κ1) is 29.4. The van der Waals surface area contributed by atoms with Gasteiger partial charge in [-0.15, -0.1) is 0 Å². The molecule has 43 heavy (non-hydrogen) atoms. The molecule has 0 aliphatic heterocycles. The number of fused-ring (bicyclic) bond motifs is 1. The van der Waals surface area contributed by atoms with Crippen molar-refractivity contribution >= 4 is 28.4 Å². The van der Waals surface area contributed by atoms with Crippen molar-refractivity contribution < 1.29 is 32.9 Å². The number of benzene rings is 2. The molecule has 8 nitrogen and oxygen atoms in total. The number of pyridine rings is 1. The number of carbonyl (C=O) groups is 1. The van der Waals surface area contributed by atoms with Crippen LogP contribution in [0.25, 0.3) is 22.2 Å². The summed E-state index contributed by atoms with van der Waals surface area (Å²) in [6, 6.07) is 6.69. The maximum atomic E-state index is 15.7. The third kappa shape index (κ3) is 5.34. The number of aliphatic hydroxyl groups is 2. The second-order valence-corrected chi connectivity index (χ2v) is 12.2. The van der Waals surface area contributed by atoms with Gasteiger partial charge in [-0.1, -0.05) is 11.6 Å². The summed E-state index contributed by atoms with van der Waals surface area (Å²) < 4.78 is 52.0. The molecule has 3 N–H and O–H groups in total. The lowest BCUT2D eigenvalue weighted by atomic mass is 9.87. The smallest absolute Gasteiger partial charge is 0.251 e. The first-order chi connectivity index (χ1) is 20.3. The zero-order valence-corrected chi connectivity index (χ0v) is 24.5. The summed E-state index contributed by atoms with van der Waals surface area (Å²) in [6.07, 6.45) is 5.14. The number of nitrogens with zero attached hydrogens (tertiary/aromatic N) is 3. The van der Waals surface area contributed by atoms with Gasteiger partial charge in [0, 0.05) is 28.3 Å². The van der Waals surface area contributed by atoms with Crippen LogP contribution in [0.3, 0.4) is 0 Å². The van der Waals surface area contributed by atoms with Gasteiger partial charge in [0.05, 0.1) is 31.0 Å². The minimum atomic E-state index is -1.80. The van der Waals surface area contributed by atoms with Crippen LogP contribution in [-0.2, 0) is 11.2 Å². The van der Waals surface area contributed by atoms with Crippen LogP contribution in [0.2, 0.25) is 5.02 Å². The van der Waals surface area contributed by atoms with Crippen LogP contribution < -0.4 is 10.1 Å². The average Bonchev–Trinajstić information content (AvgIpc) is 3.91. The Morgan fingerprint density at radius 1 is 1.12 bits per heavy atom. The van der Waals surface area contributed by atoms with E-state index in [1.807, 2.05) is 10.9 Å². The Balaban J connectivity index is 1.37. The standard InChI is InChI=1S/C31H30ClF3N4O4/c1-30(2,41)20-12-23(37-28(26(20)35)19-8-9-21(33)24(32)25(19)34)31(42,17-4-5-17)14-36-29(40)15-10-16-13-39(18-6-7-18)38-27(16)22(11-15)43-3/h8-13,17-18,41-42H,4-7,14H2,1-3H3,(H,36,40)/t31-/m1/s1. The van der Waals surface area contributed by atoms with Crippen LogP contribution in [0.5, 0.6) is 5.75 Å². The predicted octanol–water partition coefficient (Wildman–Crippen LogP) is 5.77. The molecule has 2 fully saturated rings. The molecule has 2 aliphatic rings. The minimum Gasteiger partial charge on any atom is -0.494 e. The largest absolute Gasteiger partial charge is 0.494 e. The van der Waals surface area contributed by atoms with Crippen molar-refractivity contribution in [2.75, 3.05) is 13.7 Å². The topological polar surface area (TPSA) is 110 Å². The van der Waals surface area contributed by atoms with Crippen LogP contribution in [-0.4, -0.2) is 44.5 Å². The minimum absolute atomic E-state index is 0.0811. The molecule has 12 heteroatoms. The number of ether oxygens (including phenoxy) is 1. The van der Waals surface area contributed by atoms with E-state index in [1.165, 1.54) is 27.0 Å². The van der Waals surface area contributed by atoms with Crippen LogP contribution >= 0.6 is 11.6 Å². The monoisotopic (exact) mass is 614 g/mol. The molecule has 4 aromatic rings. The third-order valence-electron chi connectivity index (χ3n) is 8.12. The van der Waals surface area contributed by atoms with Gasteiger partial charge in [0.25, 0.3) is 5.91 Å². The maximum Gasteiger partial charge on any atom is 0.251 e. The molecule has 0 bridgehead atoms. The van der Waals surface area contributed by atoms with Crippen LogP contribution in [0.4, 0.5) is 13.2 Å². The van der Waals surface area contributed by atoms with Crippen molar-refractivity contribution in [1.82, 2.24) is 20.1 Å². The average molecular weight is 615 g/mol. The summed E-state index contributed by atoms with van der Waals surface area (Å²) in [7, 11) is 1.49. The molecule has 2 saturated carbocycles. The van der Waals surface area contributed by atoms with Crippen molar-refractivity contribution in [3.63, 3.8) is 0 Å². The van der Waals surface area contributed by atoms with Gasteiger partial charge in [0.15, 0.2) is 11.6 Å². The van der Waals surface area contributed by atoms with E-state index >= 15 is 8.78 Å². The Hall–Kier alpha value is -3.67. The lowest BCUT2D eigenvalue weighted by Crippen LogP contribution is -2.43. The van der Waals surface area contributed by atoms with Gasteiger partial charge >= 0.3 is 0 Å². The molecule has 0 radical (unpaired) electrons. The van der Waals surface area contributed by atoms with E-state index in [4.69, 9.17) is 16.3 Å². The third-order valence-corrected chi connectivity index (χ3v) is 8.46. The van der Waals surface area contributed by atoms with Gasteiger partial charge in [-0.3, -0.25) is 9.48 Å². The Bertz CT molecular complexity index is 1760. The van der Waals surface area contributed by atoms with Gasteiger partial charge < -0.3 is 20.3 Å². The van der Waals surface area contributed by atoms with Crippen LogP contribution in [0.1, 0.15) is 67.2 Å². The van der Waals surface area contributed by atoms with Gasteiger partial charge in [0.1, 0.15) is 33.4 Å². The molecule has 226 valence electrons. The fourth-order valence-corrected chi connectivity index (χ4v) is 5.50. The fourth-order valence-electron chi connectivity index (χ4n) is 5.34. The quantitative estimate of drug-likeness (QED) is 0.207. The second-order valence-electron chi connectivity index (χ2n) is 11.8. The molecule has 6 rings (SSSR count). The molecule has 0 spiro atoms. The van der Waals surface area contributed by atoms with Crippen molar-refractivity contribution in [2.24, 2.45) is 5.92 Å². The van der Waals surface area contributed by atoms with Gasteiger partial charge in [-0.25, -0.2) is 18.2 Å². The lowest BCUT2D eigenvalue weighted by molar-refractivity contribution is 0.00863. The molecular weight excluding hydrogens is 585 g/mol. The number of methoxy groups -OCH3 is 1. The maximum absolute atomic E-state index is 15.7. The molecule has 2 aromatic heterocycles. The van der Waals surface area contributed by atoms with Gasteiger partial charge in [0.2, 0.25) is 0 Å². The fraction of sp³-hybridized carbons (Fsp3) is 0.387. The number of hydrogen-bond acceptors (Lipinski definition) is 6. The van der Waals surface area contributed by atoms with E-state index in [2.05, 4.69) is 15.4 Å². The van der Waals surface area contributed by atoms with E-state index < -0.39 is 50.8 Å². The predicted molar refractivity (Wildman–Crippen MR) is 153 cm³/mol. The summed E-state index contributed by atoms with van der Waals surface area (Å²) in [5.74, 6) is -3.74. The van der Waals surface area contributed by atoms with Crippen LogP contribution in [0, 0.1) is 23.4 Å². The van der Waals surface area contributed by atoms with Crippen LogP contribution in [0.15, 0.2) is 36.5 Å². The Labute approximate surface area is 250 Å². The van der Waals surface area contributed by atoms with Crippen molar-refractivity contribution in [3.8, 4) is 17.0 Å². The molecule has 2 heterocycles. The number of aromatic nitrogens is 3. The second kappa shape index (κ2) is 10.5. The van der Waals surface area contributed by atoms with Crippen molar-refractivity contribution in [3.05, 3.63) is 75.8 Å². The summed E-state index contributed by atoms with van der Waals surface area (Å²) in [5.41, 5.74) is -3.98. The Morgan fingerprint density at radius 2 is 1.84 bits per heavy atom. The Kier molecular flexibility index (Phi) is 7.18. The number of carbonyl (C=O) groups excluding carboxylic acids is 1. The summed E-state index contributed by atoms with van der Waals surface area (Å²) in [4.78, 5) is 17.7.